The van der Waals surface area contributed by atoms with Gasteiger partial charge < -0.3 is 4.74 Å². The molecule has 184 valence electrons. The maximum atomic E-state index is 9.57. The highest BCUT2D eigenvalue weighted by atomic mass is 16.5. The minimum atomic E-state index is -0.407. The van der Waals surface area contributed by atoms with Gasteiger partial charge in [-0.2, -0.15) is 5.26 Å². The molecular weight excluding hydrogens is 452 g/mol. The van der Waals surface area contributed by atoms with E-state index in [-0.39, 0.29) is 5.41 Å². The highest BCUT2D eigenvalue weighted by Gasteiger charge is 2.36. The molecule has 1 aliphatic rings. The van der Waals surface area contributed by atoms with Gasteiger partial charge in [0.1, 0.15) is 18.5 Å². The van der Waals surface area contributed by atoms with Crippen molar-refractivity contribution in [2.24, 2.45) is 12.5 Å². The van der Waals surface area contributed by atoms with Crippen LogP contribution < -0.4 is 9.30 Å². The maximum Gasteiger partial charge on any atom is 0.228 e. The Morgan fingerprint density at radius 1 is 0.892 bits per heavy atom. The molecule has 0 radical (unpaired) electrons. The average Bonchev–Trinajstić information content (AvgIpc) is 2.84. The molecular formula is C34H33N2O+. The summed E-state index contributed by atoms with van der Waals surface area (Å²) in [5, 5.41) is 16.8. The third kappa shape index (κ3) is 3.50. The number of benzene rings is 4. The summed E-state index contributed by atoms with van der Waals surface area (Å²) < 4.78 is 9.20. The number of hydrogen-bond acceptors (Lipinski definition) is 2. The van der Waals surface area contributed by atoms with Gasteiger partial charge in [0.2, 0.25) is 5.69 Å². The van der Waals surface area contributed by atoms with Gasteiger partial charge in [-0.05, 0) is 71.3 Å². The predicted molar refractivity (Wildman–Crippen MR) is 152 cm³/mol. The van der Waals surface area contributed by atoms with Crippen LogP contribution in [0.5, 0.6) is 11.5 Å². The summed E-state index contributed by atoms with van der Waals surface area (Å²) in [6.45, 7) is 13.0. The Hall–Kier alpha value is -3.90. The number of ether oxygens (including phenoxy) is 1. The molecule has 0 saturated carbocycles. The van der Waals surface area contributed by atoms with Gasteiger partial charge in [0.15, 0.2) is 6.20 Å². The van der Waals surface area contributed by atoms with Crippen LogP contribution in [0.25, 0.3) is 43.6 Å². The van der Waals surface area contributed by atoms with Gasteiger partial charge in [-0.15, -0.1) is 0 Å². The molecule has 6 rings (SSSR count). The predicted octanol–water partition coefficient (Wildman–Crippen LogP) is 8.44. The highest BCUT2D eigenvalue weighted by molar-refractivity contribution is 6.16. The summed E-state index contributed by atoms with van der Waals surface area (Å²) in [7, 11) is 2.14. The fourth-order valence-electron chi connectivity index (χ4n) is 6.18. The molecule has 0 bridgehead atoms. The Labute approximate surface area is 218 Å². The van der Waals surface area contributed by atoms with Crippen LogP contribution in [0, 0.1) is 23.7 Å². The average molecular weight is 486 g/mol. The van der Waals surface area contributed by atoms with Crippen molar-refractivity contribution in [2.75, 3.05) is 0 Å². The van der Waals surface area contributed by atoms with Crippen molar-refractivity contribution in [1.82, 2.24) is 0 Å². The number of aryl methyl sites for hydroxylation is 2. The standard InChI is InChI=1S/C34H33N2O/c1-20-23-10-8-9-11-26(23)30(33(2,3)4)32-28(20)31-29-25(14-15-36(31)7)24-13-12-21(18-34(5,6)19-35)16-22(24)17-27(29)37-32/h8-17H,18H2,1-7H3/q+1. The molecule has 0 aliphatic carbocycles. The smallest absolute Gasteiger partial charge is 0.228 e. The minimum absolute atomic E-state index is 0.103. The van der Waals surface area contributed by atoms with E-state index in [9.17, 15) is 5.26 Å². The van der Waals surface area contributed by atoms with Gasteiger partial charge in [0, 0.05) is 17.0 Å². The lowest BCUT2D eigenvalue weighted by molar-refractivity contribution is -0.659. The zero-order valence-corrected chi connectivity index (χ0v) is 22.8. The molecule has 0 spiro atoms. The Kier molecular flexibility index (Phi) is 4.95. The van der Waals surface area contributed by atoms with Gasteiger partial charge >= 0.3 is 0 Å². The monoisotopic (exact) mass is 485 g/mol. The molecule has 5 aromatic rings. The first-order chi connectivity index (χ1) is 17.5. The minimum Gasteiger partial charge on any atom is -0.455 e. The summed E-state index contributed by atoms with van der Waals surface area (Å²) in [6.07, 6.45) is 2.89. The SMILES string of the molecule is Cc1c2c(c(C(C)(C)C)c3ccccc13)Oc1cc3cc(CC(C)(C)C#N)ccc3c3cc[n+](C)c-2c13. The summed E-state index contributed by atoms with van der Waals surface area (Å²) in [6, 6.07) is 22.2. The van der Waals surface area contributed by atoms with Crippen LogP contribution in [-0.4, -0.2) is 0 Å². The van der Waals surface area contributed by atoms with Crippen molar-refractivity contribution in [3.05, 3.63) is 77.5 Å². The highest BCUT2D eigenvalue weighted by Crippen LogP contribution is 2.54. The first-order valence-electron chi connectivity index (χ1n) is 13.0. The number of nitrogens with zero attached hydrogens (tertiary/aromatic N) is 2. The van der Waals surface area contributed by atoms with E-state index in [4.69, 9.17) is 4.74 Å². The van der Waals surface area contributed by atoms with Crippen molar-refractivity contribution < 1.29 is 9.30 Å². The van der Waals surface area contributed by atoms with Crippen LogP contribution in [0.1, 0.15) is 51.3 Å². The number of aromatic nitrogens is 1. The van der Waals surface area contributed by atoms with Crippen molar-refractivity contribution >= 4 is 32.3 Å². The lowest BCUT2D eigenvalue weighted by Crippen LogP contribution is -2.32. The van der Waals surface area contributed by atoms with Gasteiger partial charge in [0.05, 0.1) is 22.4 Å². The van der Waals surface area contributed by atoms with Crippen molar-refractivity contribution in [1.29, 1.82) is 5.26 Å². The van der Waals surface area contributed by atoms with Crippen molar-refractivity contribution in [2.45, 2.75) is 53.4 Å². The zero-order chi connectivity index (χ0) is 26.3. The van der Waals surface area contributed by atoms with E-state index in [0.29, 0.717) is 6.42 Å². The summed E-state index contributed by atoms with van der Waals surface area (Å²) in [4.78, 5) is 0. The van der Waals surface area contributed by atoms with E-state index in [1.165, 1.54) is 49.5 Å². The van der Waals surface area contributed by atoms with Crippen LogP contribution in [0.3, 0.4) is 0 Å². The third-order valence-electron chi connectivity index (χ3n) is 7.84. The van der Waals surface area contributed by atoms with E-state index in [1.807, 2.05) is 13.8 Å². The van der Waals surface area contributed by atoms with E-state index < -0.39 is 5.41 Å². The summed E-state index contributed by atoms with van der Waals surface area (Å²) >= 11 is 0. The largest absolute Gasteiger partial charge is 0.455 e. The van der Waals surface area contributed by atoms with Gasteiger partial charge in [-0.25, -0.2) is 4.57 Å². The fraction of sp³-hybridized carbons (Fsp3) is 0.294. The lowest BCUT2D eigenvalue weighted by atomic mass is 9.78. The number of rotatable bonds is 2. The molecule has 0 fully saturated rings. The molecule has 3 heteroatoms. The van der Waals surface area contributed by atoms with Crippen LogP contribution in [0.2, 0.25) is 0 Å². The lowest BCUT2D eigenvalue weighted by Gasteiger charge is -2.30. The molecule has 0 saturated heterocycles. The normalized spacial score (nSPS) is 13.0. The maximum absolute atomic E-state index is 9.57. The Morgan fingerprint density at radius 2 is 1.62 bits per heavy atom. The van der Waals surface area contributed by atoms with Crippen LogP contribution in [-0.2, 0) is 18.9 Å². The molecule has 1 aliphatic heterocycles. The molecule has 0 atom stereocenters. The molecule has 4 aromatic carbocycles. The molecule has 0 N–H and O–H groups in total. The van der Waals surface area contributed by atoms with Gasteiger partial charge in [-0.3, -0.25) is 0 Å². The third-order valence-corrected chi connectivity index (χ3v) is 7.84. The Balaban J connectivity index is 1.72. The molecule has 0 amide bonds. The first kappa shape index (κ1) is 23.5. The number of pyridine rings is 1. The number of nitriles is 1. The van der Waals surface area contributed by atoms with Crippen molar-refractivity contribution in [3.63, 3.8) is 0 Å². The van der Waals surface area contributed by atoms with E-state index >= 15 is 0 Å². The molecule has 37 heavy (non-hydrogen) atoms. The Bertz CT molecular complexity index is 1810. The van der Waals surface area contributed by atoms with Crippen LogP contribution in [0.4, 0.5) is 0 Å². The van der Waals surface area contributed by atoms with Gasteiger partial charge in [0.25, 0.3) is 0 Å². The molecule has 1 aromatic heterocycles. The second-order valence-electron chi connectivity index (χ2n) is 12.3. The van der Waals surface area contributed by atoms with Gasteiger partial charge in [-0.1, -0.05) is 63.2 Å². The number of fused-ring (bicyclic) bond motifs is 5. The van der Waals surface area contributed by atoms with Crippen LogP contribution in [0.15, 0.2) is 60.8 Å². The fourth-order valence-corrected chi connectivity index (χ4v) is 6.18. The second kappa shape index (κ2) is 7.80. The molecule has 0 unspecified atom stereocenters. The Morgan fingerprint density at radius 3 is 2.32 bits per heavy atom. The van der Waals surface area contributed by atoms with E-state index in [1.54, 1.807) is 0 Å². The molecule has 2 heterocycles. The topological polar surface area (TPSA) is 36.9 Å². The van der Waals surface area contributed by atoms with Crippen molar-refractivity contribution in [3.8, 4) is 28.8 Å². The van der Waals surface area contributed by atoms with Crippen LogP contribution >= 0.6 is 0 Å². The zero-order valence-electron chi connectivity index (χ0n) is 22.8. The molecule has 3 nitrogen and oxygen atoms in total. The van der Waals surface area contributed by atoms with E-state index in [0.717, 1.165) is 22.3 Å². The second-order valence-corrected chi connectivity index (χ2v) is 12.3. The first-order valence-corrected chi connectivity index (χ1v) is 13.0. The number of hydrogen-bond donors (Lipinski definition) is 0. The summed E-state index contributed by atoms with van der Waals surface area (Å²) in [5.74, 6) is 1.87. The summed E-state index contributed by atoms with van der Waals surface area (Å²) in [5.41, 5.74) is 5.55. The quantitative estimate of drug-likeness (QED) is 0.182. The van der Waals surface area contributed by atoms with E-state index in [2.05, 4.69) is 106 Å².